The predicted molar refractivity (Wildman–Crippen MR) is 334 cm³/mol. The minimum atomic E-state index is -0.746. The van der Waals surface area contributed by atoms with Gasteiger partial charge in [0, 0.05) is 80.4 Å². The van der Waals surface area contributed by atoms with E-state index in [-0.39, 0.29) is 30.6 Å². The van der Waals surface area contributed by atoms with Crippen molar-refractivity contribution < 1.29 is 47.6 Å². The average Bonchev–Trinajstić information content (AvgIpc) is 2.65. The van der Waals surface area contributed by atoms with Crippen LogP contribution in [0, 0.1) is 5.92 Å². The number of halogens is 1. The number of carbonyl (C=O) groups excluding carboxylic acids is 4. The lowest BCUT2D eigenvalue weighted by Gasteiger charge is -2.32. The fraction of sp³-hybridized carbons (Fsp3) is 0.476. The molecule has 1 atom stereocenters. The molecule has 4 aromatic carbocycles. The Kier molecular flexibility index (Phi) is 26.4. The van der Waals surface area contributed by atoms with Crippen LogP contribution in [0.25, 0.3) is 0 Å². The zero-order chi connectivity index (χ0) is 60.3. The molecule has 6 aromatic rings. The van der Waals surface area contributed by atoms with Crippen molar-refractivity contribution in [2.45, 2.75) is 70.5 Å². The van der Waals surface area contributed by atoms with Gasteiger partial charge >= 0.3 is 6.03 Å². The molecule has 1 aliphatic heterocycles. The van der Waals surface area contributed by atoms with Crippen molar-refractivity contribution in [2.75, 3.05) is 131 Å². The zero-order valence-corrected chi connectivity index (χ0v) is 52.1. The molecule has 462 valence electrons. The van der Waals surface area contributed by atoms with Crippen LogP contribution in [0.15, 0.2) is 113 Å². The summed E-state index contributed by atoms with van der Waals surface area (Å²) < 4.78 is 37.2. The molecule has 8 rings (SSSR count). The van der Waals surface area contributed by atoms with Gasteiger partial charge in [-0.2, -0.15) is 0 Å². The van der Waals surface area contributed by atoms with Crippen LogP contribution in [-0.4, -0.2) is 183 Å². The van der Waals surface area contributed by atoms with E-state index in [2.05, 4.69) is 64.0 Å². The number of benzene rings is 4. The van der Waals surface area contributed by atoms with Crippen molar-refractivity contribution in [2.24, 2.45) is 5.92 Å². The van der Waals surface area contributed by atoms with E-state index in [0.29, 0.717) is 127 Å². The summed E-state index contributed by atoms with van der Waals surface area (Å²) >= 11 is 4.80. The number of unbranched alkanes of at least 4 members (excludes halogenated alkanes) is 1. The van der Waals surface area contributed by atoms with Crippen molar-refractivity contribution in [1.29, 1.82) is 0 Å². The van der Waals surface area contributed by atoms with E-state index >= 15 is 0 Å². The summed E-state index contributed by atoms with van der Waals surface area (Å²) in [5, 5.41) is 19.3. The summed E-state index contributed by atoms with van der Waals surface area (Å²) in [6, 6.07) is 29.1. The van der Waals surface area contributed by atoms with Crippen LogP contribution < -0.4 is 30.2 Å². The molecule has 2 aromatic heterocycles. The number of thiazole rings is 1. The number of likely N-dealkylation sites (N-methyl/N-ethyl adjacent to an activating group) is 2. The van der Waals surface area contributed by atoms with Gasteiger partial charge in [0.05, 0.1) is 77.7 Å². The lowest BCUT2D eigenvalue weighted by Crippen LogP contribution is -2.47. The number of amides is 5. The third-order valence-electron chi connectivity index (χ3n) is 14.7. The number of piperazine rings is 1. The van der Waals surface area contributed by atoms with Crippen molar-refractivity contribution in [3.63, 3.8) is 0 Å². The molecule has 21 nitrogen and oxygen atoms in total. The molecule has 1 saturated carbocycles. The number of urea groups is 1. The highest BCUT2D eigenvalue weighted by Gasteiger charge is 2.35. The van der Waals surface area contributed by atoms with Crippen LogP contribution in [0.4, 0.5) is 15.6 Å². The van der Waals surface area contributed by atoms with Crippen molar-refractivity contribution in [3.05, 3.63) is 141 Å². The first kappa shape index (κ1) is 65.0. The maximum absolute atomic E-state index is 14.1. The first-order valence-corrected chi connectivity index (χ1v) is 31.3. The van der Waals surface area contributed by atoms with Gasteiger partial charge in [-0.1, -0.05) is 57.5 Å². The number of methoxy groups -OCH3 is 1. The van der Waals surface area contributed by atoms with Crippen LogP contribution >= 0.6 is 27.3 Å². The summed E-state index contributed by atoms with van der Waals surface area (Å²) in [5.41, 5.74) is 4.84. The molecule has 5 amide bonds. The second-order valence-electron chi connectivity index (χ2n) is 21.5. The fourth-order valence-electron chi connectivity index (χ4n) is 9.43. The van der Waals surface area contributed by atoms with Gasteiger partial charge in [0.2, 0.25) is 17.7 Å². The third-order valence-corrected chi connectivity index (χ3v) is 16.0. The van der Waals surface area contributed by atoms with Gasteiger partial charge in [0.25, 0.3) is 0 Å². The van der Waals surface area contributed by atoms with Crippen molar-refractivity contribution in [1.82, 2.24) is 44.9 Å². The number of anilines is 2. The van der Waals surface area contributed by atoms with Gasteiger partial charge in [-0.3, -0.25) is 19.7 Å². The molecule has 3 N–H and O–H groups in total. The molecule has 1 unspecified atom stereocenters. The number of hydrogen-bond donors (Lipinski definition) is 3. The molecule has 1 aliphatic carbocycles. The maximum Gasteiger partial charge on any atom is 0.325 e. The monoisotopic (exact) mass is 1260 g/mol. The smallest absolute Gasteiger partial charge is 0.325 e. The molecule has 0 radical (unpaired) electrons. The van der Waals surface area contributed by atoms with Crippen LogP contribution in [0.5, 0.6) is 17.2 Å². The van der Waals surface area contributed by atoms with Crippen molar-refractivity contribution in [3.8, 4) is 17.2 Å². The Morgan fingerprint density at radius 2 is 1.40 bits per heavy atom. The van der Waals surface area contributed by atoms with E-state index in [0.717, 1.165) is 90.2 Å². The molecular formula is C63H82BrN11O10S. The number of hydrogen-bond acceptors (Lipinski definition) is 16. The van der Waals surface area contributed by atoms with Gasteiger partial charge in [0.1, 0.15) is 29.9 Å². The molecule has 86 heavy (non-hydrogen) atoms. The summed E-state index contributed by atoms with van der Waals surface area (Å²) in [4.78, 5) is 65.9. The van der Waals surface area contributed by atoms with E-state index in [4.69, 9.17) is 28.4 Å². The van der Waals surface area contributed by atoms with Gasteiger partial charge in [-0.05, 0) is 136 Å². The first-order valence-electron chi connectivity index (χ1n) is 29.6. The van der Waals surface area contributed by atoms with Crippen LogP contribution in [0.3, 0.4) is 0 Å². The quantitative estimate of drug-likeness (QED) is 0.0314. The average molecular weight is 1270 g/mol. The van der Waals surface area contributed by atoms with Gasteiger partial charge in [0.15, 0.2) is 5.13 Å². The minimum absolute atomic E-state index is 0.0406. The number of aryl methyl sites for hydroxylation is 1. The van der Waals surface area contributed by atoms with E-state index in [1.807, 2.05) is 90.9 Å². The number of ether oxygens (including phenoxy) is 6. The van der Waals surface area contributed by atoms with Crippen LogP contribution in [0.2, 0.25) is 0 Å². The van der Waals surface area contributed by atoms with E-state index < -0.39 is 12.1 Å². The lowest BCUT2D eigenvalue weighted by atomic mass is 10.0. The molecular weight excluding hydrogens is 1180 g/mol. The number of nitrogens with one attached hydrogen (secondary N) is 3. The number of aromatic nitrogens is 4. The Labute approximate surface area is 517 Å². The Morgan fingerprint density at radius 1 is 0.721 bits per heavy atom. The molecule has 1 saturated heterocycles. The zero-order valence-electron chi connectivity index (χ0n) is 49.7. The van der Waals surface area contributed by atoms with Gasteiger partial charge < -0.3 is 58.7 Å². The second kappa shape index (κ2) is 35.0. The fourth-order valence-corrected chi connectivity index (χ4v) is 10.4. The predicted octanol–water partition coefficient (Wildman–Crippen LogP) is 8.16. The Hall–Kier alpha value is -6.99. The Morgan fingerprint density at radius 3 is 2.13 bits per heavy atom. The molecule has 2 aliphatic rings. The van der Waals surface area contributed by atoms with E-state index in [9.17, 15) is 19.2 Å². The molecule has 23 heteroatoms. The van der Waals surface area contributed by atoms with Gasteiger partial charge in [-0.25, -0.2) is 14.5 Å². The lowest BCUT2D eigenvalue weighted by molar-refractivity contribution is -0.141. The topological polar surface area (TPSA) is 216 Å². The van der Waals surface area contributed by atoms with Crippen molar-refractivity contribution >= 4 is 61.8 Å². The Balaban J connectivity index is 0.607. The second-order valence-corrected chi connectivity index (χ2v) is 23.3. The summed E-state index contributed by atoms with van der Waals surface area (Å²) in [7, 11) is 5.77. The van der Waals surface area contributed by atoms with Crippen LogP contribution in [-0.2, 0) is 60.9 Å². The number of nitrogens with zero attached hydrogens (tertiary/aromatic N) is 8. The summed E-state index contributed by atoms with van der Waals surface area (Å²) in [5.74, 6) is 2.40. The highest BCUT2D eigenvalue weighted by atomic mass is 79.9. The molecule has 0 bridgehead atoms. The molecule has 3 heterocycles. The maximum atomic E-state index is 14.1. The summed E-state index contributed by atoms with van der Waals surface area (Å²) in [6.07, 6.45) is 7.63. The largest absolute Gasteiger partial charge is 0.497 e. The summed E-state index contributed by atoms with van der Waals surface area (Å²) in [6.45, 7) is 10.3. The number of carbonyl (C=O) groups is 4. The normalized spacial score (nSPS) is 13.8. The number of rotatable bonds is 37. The standard InChI is InChI=1S/C63H82BrN11O10S/c1-71(27-4-5-34-84-56-21-8-47(9-22-56)12-25-58(76)75(44-49-6-7-49)60(50-13-15-51(64)16-14-50)61(78)65-43-48-10-19-55(80-3)20-11-48)32-36-82-39-38-81-35-26-53-45-74(70-69-53)33-37-83-40-41-85-57-23-17-52(18-24-57)66-62(79)68-63-67-54(46-86-63)42-59(77)73-30-28-72(2)29-31-73/h8-11,13-24,45-46,49,60H,4-7,12,25-44H2,1-3H3,(H,65,78)(H2,66,67,68,79). The molecule has 0 spiro atoms. The Bertz CT molecular complexity index is 3000. The van der Waals surface area contributed by atoms with Gasteiger partial charge in [-0.15, -0.1) is 16.4 Å². The third kappa shape index (κ3) is 22.7. The molecule has 2 fully saturated rings. The van der Waals surface area contributed by atoms with Crippen LogP contribution in [0.1, 0.15) is 66.2 Å². The SMILES string of the molecule is COc1ccc(CNC(=O)C(c2ccc(Br)cc2)N(CC2CC2)C(=O)CCc2ccc(OCCCCN(C)CCOCCOCCc3cn(CCOCCOc4ccc(NC(=O)Nc5nc(CC(=O)N6CCN(C)CC6)cs5)cc4)nn3)cc2)cc1. The highest BCUT2D eigenvalue weighted by Crippen LogP contribution is 2.34. The first-order chi connectivity index (χ1) is 41.9. The van der Waals surface area contributed by atoms with E-state index in [1.165, 1.54) is 11.3 Å². The minimum Gasteiger partial charge on any atom is -0.497 e. The highest BCUT2D eigenvalue weighted by molar-refractivity contribution is 9.10. The van der Waals surface area contributed by atoms with E-state index in [1.54, 1.807) is 46.3 Å².